The predicted molar refractivity (Wildman–Crippen MR) is 67.6 cm³/mol. The van der Waals surface area contributed by atoms with Gasteiger partial charge in [0.05, 0.1) is 0 Å². The van der Waals surface area contributed by atoms with Crippen LogP contribution in [0, 0.1) is 5.41 Å². The van der Waals surface area contributed by atoms with E-state index in [1.54, 1.807) is 16.7 Å². The van der Waals surface area contributed by atoms with Crippen LogP contribution in [0.4, 0.5) is 0 Å². The Morgan fingerprint density at radius 2 is 2.07 bits per heavy atom. The van der Waals surface area contributed by atoms with Gasteiger partial charge < -0.3 is 0 Å². The Balaban J connectivity index is 2.11. The van der Waals surface area contributed by atoms with Gasteiger partial charge in [-0.15, -0.1) is 0 Å². The summed E-state index contributed by atoms with van der Waals surface area (Å²) < 4.78 is 0. The lowest BCUT2D eigenvalue weighted by molar-refractivity contribution is 0.475. The number of rotatable bonds is 0. The van der Waals surface area contributed by atoms with Crippen molar-refractivity contribution in [1.82, 2.24) is 0 Å². The molecule has 0 aromatic rings. The van der Waals surface area contributed by atoms with Crippen molar-refractivity contribution in [3.05, 3.63) is 22.5 Å². The van der Waals surface area contributed by atoms with Gasteiger partial charge in [0, 0.05) is 11.1 Å². The molecular weight excluding hydrogens is 206 g/mol. The van der Waals surface area contributed by atoms with Crippen molar-refractivity contribution < 1.29 is 0 Å². The number of hydrogen-bond acceptors (Lipinski definition) is 0. The van der Waals surface area contributed by atoms with Gasteiger partial charge in [0.25, 0.3) is 0 Å². The van der Waals surface area contributed by atoms with Gasteiger partial charge in [-0.05, 0) is 33.1 Å². The Kier molecular flexibility index (Phi) is 1.86. The Hall–Kier alpha value is 0.340. The summed E-state index contributed by atoms with van der Waals surface area (Å²) >= 11 is 0. The quantitative estimate of drug-likeness (QED) is 0.419. The molecule has 0 saturated carbocycles. The summed E-state index contributed by atoms with van der Waals surface area (Å²) in [6.45, 7) is 9.66. The average Bonchev–Trinajstić information content (AvgIpc) is 2.64. The zero-order valence-electron chi connectivity index (χ0n) is 9.46. The van der Waals surface area contributed by atoms with Gasteiger partial charge in [-0.25, -0.2) is 0 Å². The molecule has 2 unspecified atom stereocenters. The molecule has 1 saturated heterocycles. The first-order valence-corrected chi connectivity index (χ1v) is 9.32. The zero-order chi connectivity index (χ0) is 10.1. The lowest BCUT2D eigenvalue weighted by Crippen LogP contribution is -2.28. The minimum Gasteiger partial charge on any atom is -0.0691 e. The summed E-state index contributed by atoms with van der Waals surface area (Å²) in [7, 11) is 0.664. The molecule has 3 heterocycles. The molecule has 76 valence electrons. The highest BCUT2D eigenvalue weighted by atomic mass is 32.1. The Morgan fingerprint density at radius 1 is 1.36 bits per heavy atom. The van der Waals surface area contributed by atoms with Gasteiger partial charge in [-0.3, -0.25) is 0 Å². The average molecular weight is 224 g/mol. The first kappa shape index (κ1) is 9.56. The standard InChI is InChI=1S/C12H18P2/c1-8-5-14-11(10(8)3)12(4)7-13(14)6-9(12)2/h6,11H,5,7H2,1-4H3/t11-,12+,13?,14?/m0/s1. The molecule has 0 N–H and O–H groups in total. The van der Waals surface area contributed by atoms with Crippen LogP contribution >= 0.6 is 15.2 Å². The maximum absolute atomic E-state index is 2.66. The molecule has 0 aromatic carbocycles. The van der Waals surface area contributed by atoms with Crippen molar-refractivity contribution in [3.63, 3.8) is 0 Å². The molecule has 3 aliphatic heterocycles. The van der Waals surface area contributed by atoms with Crippen LogP contribution in [0.15, 0.2) is 22.5 Å². The van der Waals surface area contributed by atoms with Crippen molar-refractivity contribution >= 4 is 15.2 Å². The highest BCUT2D eigenvalue weighted by Gasteiger charge is 2.57. The largest absolute Gasteiger partial charge is 0.0691 e. The van der Waals surface area contributed by atoms with Gasteiger partial charge in [-0.1, -0.05) is 44.7 Å². The second kappa shape index (κ2) is 2.72. The monoisotopic (exact) mass is 224 g/mol. The molecule has 0 radical (unpaired) electrons. The van der Waals surface area contributed by atoms with Crippen LogP contribution in [0.25, 0.3) is 0 Å². The van der Waals surface area contributed by atoms with Crippen LogP contribution in [-0.4, -0.2) is 18.0 Å². The van der Waals surface area contributed by atoms with Crippen LogP contribution < -0.4 is 0 Å². The van der Waals surface area contributed by atoms with Crippen molar-refractivity contribution in [2.45, 2.75) is 33.4 Å². The molecule has 2 heteroatoms. The molecule has 0 amide bonds. The summed E-state index contributed by atoms with van der Waals surface area (Å²) in [5.41, 5.74) is 6.76. The zero-order valence-corrected chi connectivity index (χ0v) is 11.3. The van der Waals surface area contributed by atoms with Crippen LogP contribution in [0.1, 0.15) is 27.7 Å². The van der Waals surface area contributed by atoms with Crippen LogP contribution in [0.2, 0.25) is 0 Å². The molecule has 0 aromatic heterocycles. The fraction of sp³-hybridized carbons (Fsp3) is 0.667. The normalized spacial score (nSPS) is 50.0. The fourth-order valence-electron chi connectivity index (χ4n) is 3.31. The van der Waals surface area contributed by atoms with Gasteiger partial charge in [-0.2, -0.15) is 0 Å². The maximum Gasteiger partial charge on any atom is 0.0139 e. The number of fused-ring (bicyclic) bond motifs is 5. The summed E-state index contributed by atoms with van der Waals surface area (Å²) in [5.74, 6) is 2.66. The van der Waals surface area contributed by atoms with E-state index in [1.165, 1.54) is 12.3 Å². The molecule has 3 aliphatic rings. The SMILES string of the molecule is CC1=CP2C[C@@]1(C)[C@@H]1C(C)=C(C)CP12. The predicted octanol–water partition coefficient (Wildman–Crippen LogP) is 4.52. The van der Waals surface area contributed by atoms with Crippen molar-refractivity contribution in [2.75, 3.05) is 12.3 Å². The summed E-state index contributed by atoms with van der Waals surface area (Å²) in [5, 5.41) is 0. The van der Waals surface area contributed by atoms with E-state index >= 15 is 0 Å². The topological polar surface area (TPSA) is 0 Å². The van der Waals surface area contributed by atoms with E-state index in [4.69, 9.17) is 0 Å². The van der Waals surface area contributed by atoms with Gasteiger partial charge in [0.2, 0.25) is 0 Å². The number of allylic oxidation sites excluding steroid dienone is 3. The van der Waals surface area contributed by atoms with Gasteiger partial charge in [0.1, 0.15) is 0 Å². The summed E-state index contributed by atoms with van der Waals surface area (Å²) in [4.78, 5) is 0. The van der Waals surface area contributed by atoms with E-state index in [9.17, 15) is 0 Å². The lowest BCUT2D eigenvalue weighted by atomic mass is 9.79. The lowest BCUT2D eigenvalue weighted by Gasteiger charge is -2.34. The van der Waals surface area contributed by atoms with Crippen LogP contribution in [0.3, 0.4) is 0 Å². The van der Waals surface area contributed by atoms with Crippen molar-refractivity contribution in [1.29, 1.82) is 0 Å². The minimum absolute atomic E-state index is 0.311. The number of hydrogen-bond donors (Lipinski definition) is 0. The summed E-state index contributed by atoms with van der Waals surface area (Å²) in [6.07, 6.45) is 2.99. The molecule has 3 rings (SSSR count). The molecule has 2 bridgehead atoms. The van der Waals surface area contributed by atoms with E-state index < -0.39 is 0 Å². The minimum atomic E-state index is 0.311. The van der Waals surface area contributed by atoms with Crippen molar-refractivity contribution in [3.8, 4) is 0 Å². The van der Waals surface area contributed by atoms with Gasteiger partial charge >= 0.3 is 0 Å². The molecule has 1 fully saturated rings. The second-order valence-electron chi connectivity index (χ2n) is 5.29. The van der Waals surface area contributed by atoms with Gasteiger partial charge in [0.15, 0.2) is 0 Å². The maximum atomic E-state index is 2.66. The Labute approximate surface area is 89.3 Å². The second-order valence-corrected chi connectivity index (χ2v) is 11.5. The Bertz CT molecular complexity index is 367. The molecule has 0 spiro atoms. The van der Waals surface area contributed by atoms with Crippen LogP contribution in [-0.2, 0) is 0 Å². The van der Waals surface area contributed by atoms with Crippen molar-refractivity contribution in [2.24, 2.45) is 5.41 Å². The highest BCUT2D eigenvalue weighted by molar-refractivity contribution is 8.32. The van der Waals surface area contributed by atoms with E-state index in [1.807, 2.05) is 0 Å². The highest BCUT2D eigenvalue weighted by Crippen LogP contribution is 2.89. The third-order valence-electron chi connectivity index (χ3n) is 4.45. The van der Waals surface area contributed by atoms with E-state index in [0.717, 1.165) is 5.66 Å². The molecular formula is C12H18P2. The fourth-order valence-corrected chi connectivity index (χ4v) is 14.5. The molecule has 0 aliphatic carbocycles. The molecule has 0 nitrogen and oxygen atoms in total. The Morgan fingerprint density at radius 3 is 2.79 bits per heavy atom. The third kappa shape index (κ3) is 0.929. The van der Waals surface area contributed by atoms with Crippen LogP contribution in [0.5, 0.6) is 0 Å². The summed E-state index contributed by atoms with van der Waals surface area (Å²) in [6, 6.07) is 0. The molecule has 14 heavy (non-hydrogen) atoms. The van der Waals surface area contributed by atoms with E-state index in [0.29, 0.717) is 20.6 Å². The first-order valence-electron chi connectivity index (χ1n) is 5.42. The smallest absolute Gasteiger partial charge is 0.0139 e. The first-order chi connectivity index (χ1) is 6.54. The molecule has 4 atom stereocenters. The van der Waals surface area contributed by atoms with E-state index in [2.05, 4.69) is 33.5 Å². The third-order valence-corrected chi connectivity index (χ3v) is 13.0. The van der Waals surface area contributed by atoms with E-state index in [-0.39, 0.29) is 0 Å².